The molecule has 0 aliphatic carbocycles. The molecule has 0 aliphatic rings. The Balaban J connectivity index is 2.36. The molecule has 18 heavy (non-hydrogen) atoms. The van der Waals surface area contributed by atoms with E-state index in [1.807, 2.05) is 11.4 Å². The van der Waals surface area contributed by atoms with Gasteiger partial charge in [-0.25, -0.2) is 9.37 Å². The molecule has 1 aromatic carbocycles. The molecule has 2 nitrogen and oxygen atoms in total. The highest BCUT2D eigenvalue weighted by molar-refractivity contribution is 9.10. The van der Waals surface area contributed by atoms with Crippen LogP contribution in [0.15, 0.2) is 34.2 Å². The van der Waals surface area contributed by atoms with Gasteiger partial charge in [0.2, 0.25) is 0 Å². The summed E-state index contributed by atoms with van der Waals surface area (Å²) >= 11 is 4.74. The minimum absolute atomic E-state index is 0.0624. The molecule has 1 heterocycles. The van der Waals surface area contributed by atoms with E-state index in [0.29, 0.717) is 10.5 Å². The van der Waals surface area contributed by atoms with E-state index in [4.69, 9.17) is 0 Å². The number of hydrogen-bond acceptors (Lipinski definition) is 3. The molecule has 0 saturated carbocycles. The molecule has 1 atom stereocenters. The van der Waals surface area contributed by atoms with Crippen molar-refractivity contribution in [1.82, 2.24) is 10.3 Å². The number of nitrogens with one attached hydrogen (secondary N) is 1. The SMILES string of the molecule is CC(C)NC(c1ccc(Br)c(F)c1)c1nccs1. The topological polar surface area (TPSA) is 24.9 Å². The van der Waals surface area contributed by atoms with Crippen LogP contribution in [-0.4, -0.2) is 11.0 Å². The summed E-state index contributed by atoms with van der Waals surface area (Å²) < 4.78 is 14.1. The molecule has 96 valence electrons. The fraction of sp³-hybridized carbons (Fsp3) is 0.308. The fourth-order valence-corrected chi connectivity index (χ4v) is 2.68. The van der Waals surface area contributed by atoms with E-state index < -0.39 is 0 Å². The van der Waals surface area contributed by atoms with Gasteiger partial charge < -0.3 is 5.32 Å². The second-order valence-electron chi connectivity index (χ2n) is 4.30. The molecule has 0 saturated heterocycles. The van der Waals surface area contributed by atoms with Crippen LogP contribution in [0.2, 0.25) is 0 Å². The van der Waals surface area contributed by atoms with Gasteiger partial charge in [-0.15, -0.1) is 11.3 Å². The highest BCUT2D eigenvalue weighted by Crippen LogP contribution is 2.27. The number of aromatic nitrogens is 1. The smallest absolute Gasteiger partial charge is 0.137 e. The summed E-state index contributed by atoms with van der Waals surface area (Å²) in [5.41, 5.74) is 0.888. The summed E-state index contributed by atoms with van der Waals surface area (Å²) in [7, 11) is 0. The van der Waals surface area contributed by atoms with Gasteiger partial charge in [-0.1, -0.05) is 6.07 Å². The summed E-state index contributed by atoms with van der Waals surface area (Å²) in [4.78, 5) is 4.32. The van der Waals surface area contributed by atoms with Gasteiger partial charge in [0, 0.05) is 17.6 Å². The molecule has 0 aliphatic heterocycles. The van der Waals surface area contributed by atoms with E-state index in [0.717, 1.165) is 10.6 Å². The number of nitrogens with zero attached hydrogens (tertiary/aromatic N) is 1. The molecular formula is C13H14BrFN2S. The summed E-state index contributed by atoms with van der Waals surface area (Å²) in [5, 5.41) is 6.29. The van der Waals surface area contributed by atoms with Crippen molar-refractivity contribution < 1.29 is 4.39 Å². The number of rotatable bonds is 4. The largest absolute Gasteiger partial charge is 0.302 e. The Morgan fingerprint density at radius 2 is 2.17 bits per heavy atom. The first-order chi connectivity index (χ1) is 8.58. The van der Waals surface area contributed by atoms with Gasteiger partial charge in [-0.05, 0) is 47.5 Å². The van der Waals surface area contributed by atoms with E-state index in [2.05, 4.69) is 40.1 Å². The highest BCUT2D eigenvalue weighted by atomic mass is 79.9. The third-order valence-corrected chi connectivity index (χ3v) is 3.96. The molecular weight excluding hydrogens is 315 g/mol. The van der Waals surface area contributed by atoms with Crippen molar-refractivity contribution in [3.63, 3.8) is 0 Å². The van der Waals surface area contributed by atoms with Gasteiger partial charge in [0.15, 0.2) is 0 Å². The van der Waals surface area contributed by atoms with Gasteiger partial charge in [-0.3, -0.25) is 0 Å². The molecule has 0 amide bonds. The van der Waals surface area contributed by atoms with Crippen molar-refractivity contribution in [3.05, 3.63) is 50.6 Å². The normalized spacial score (nSPS) is 12.9. The zero-order valence-electron chi connectivity index (χ0n) is 10.2. The van der Waals surface area contributed by atoms with Gasteiger partial charge in [0.1, 0.15) is 10.8 Å². The monoisotopic (exact) mass is 328 g/mol. The van der Waals surface area contributed by atoms with Crippen LogP contribution in [-0.2, 0) is 0 Å². The number of benzene rings is 1. The molecule has 1 aromatic heterocycles. The van der Waals surface area contributed by atoms with Crippen molar-refractivity contribution in [2.45, 2.75) is 25.9 Å². The first kappa shape index (κ1) is 13.6. The second-order valence-corrected chi connectivity index (χ2v) is 6.08. The summed E-state index contributed by atoms with van der Waals surface area (Å²) in [5.74, 6) is -0.250. The van der Waals surface area contributed by atoms with Crippen molar-refractivity contribution in [2.75, 3.05) is 0 Å². The van der Waals surface area contributed by atoms with Crippen molar-refractivity contribution in [2.24, 2.45) is 0 Å². The van der Waals surface area contributed by atoms with Crippen LogP contribution in [0.3, 0.4) is 0 Å². The fourth-order valence-electron chi connectivity index (χ4n) is 1.71. The van der Waals surface area contributed by atoms with Crippen LogP contribution in [0.25, 0.3) is 0 Å². The van der Waals surface area contributed by atoms with Crippen LogP contribution >= 0.6 is 27.3 Å². The summed E-state index contributed by atoms with van der Waals surface area (Å²) in [6, 6.07) is 5.42. The number of halogens is 2. The lowest BCUT2D eigenvalue weighted by molar-refractivity contribution is 0.523. The van der Waals surface area contributed by atoms with E-state index in [1.165, 1.54) is 0 Å². The second kappa shape index (κ2) is 5.91. The lowest BCUT2D eigenvalue weighted by atomic mass is 10.1. The van der Waals surface area contributed by atoms with Crippen LogP contribution in [0.5, 0.6) is 0 Å². The molecule has 0 fully saturated rings. The Bertz CT molecular complexity index is 514. The minimum atomic E-state index is -0.250. The van der Waals surface area contributed by atoms with E-state index in [1.54, 1.807) is 29.7 Å². The third-order valence-electron chi connectivity index (χ3n) is 2.48. The Morgan fingerprint density at radius 1 is 1.39 bits per heavy atom. The Labute approximate surface area is 118 Å². The lowest BCUT2D eigenvalue weighted by Crippen LogP contribution is -2.29. The Kier molecular flexibility index (Phi) is 4.48. The standard InChI is InChI=1S/C13H14BrFN2S/c1-8(2)17-12(13-16-5-6-18-13)9-3-4-10(14)11(15)7-9/h3-8,12,17H,1-2H3. The van der Waals surface area contributed by atoms with E-state index in [9.17, 15) is 4.39 Å². The number of hydrogen-bond donors (Lipinski definition) is 1. The lowest BCUT2D eigenvalue weighted by Gasteiger charge is -2.20. The first-order valence-electron chi connectivity index (χ1n) is 5.68. The maximum Gasteiger partial charge on any atom is 0.137 e. The molecule has 1 N–H and O–H groups in total. The molecule has 1 unspecified atom stereocenters. The highest BCUT2D eigenvalue weighted by Gasteiger charge is 2.18. The zero-order chi connectivity index (χ0) is 13.1. The van der Waals surface area contributed by atoms with E-state index >= 15 is 0 Å². The van der Waals surface area contributed by atoms with Crippen molar-refractivity contribution >= 4 is 27.3 Å². The molecule has 5 heteroatoms. The quantitative estimate of drug-likeness (QED) is 0.912. The van der Waals surface area contributed by atoms with Gasteiger partial charge in [-0.2, -0.15) is 0 Å². The van der Waals surface area contributed by atoms with E-state index in [-0.39, 0.29) is 11.9 Å². The Morgan fingerprint density at radius 3 is 2.72 bits per heavy atom. The summed E-state index contributed by atoms with van der Waals surface area (Å²) in [6.45, 7) is 4.13. The molecule has 0 spiro atoms. The predicted molar refractivity (Wildman–Crippen MR) is 76.3 cm³/mol. The third kappa shape index (κ3) is 3.16. The van der Waals surface area contributed by atoms with Gasteiger partial charge in [0.25, 0.3) is 0 Å². The van der Waals surface area contributed by atoms with Crippen LogP contribution in [0.1, 0.15) is 30.5 Å². The predicted octanol–water partition coefficient (Wildman–Crippen LogP) is 4.13. The Hall–Kier alpha value is -0.780. The summed E-state index contributed by atoms with van der Waals surface area (Å²) in [6.07, 6.45) is 1.77. The number of thiazole rings is 1. The maximum atomic E-state index is 13.6. The van der Waals surface area contributed by atoms with Crippen LogP contribution < -0.4 is 5.32 Å². The van der Waals surface area contributed by atoms with Crippen molar-refractivity contribution in [1.29, 1.82) is 0 Å². The molecule has 2 aromatic rings. The average Bonchev–Trinajstić information content (AvgIpc) is 2.83. The average molecular weight is 329 g/mol. The van der Waals surface area contributed by atoms with Crippen molar-refractivity contribution in [3.8, 4) is 0 Å². The first-order valence-corrected chi connectivity index (χ1v) is 7.35. The van der Waals surface area contributed by atoms with Gasteiger partial charge >= 0.3 is 0 Å². The molecule has 0 radical (unpaired) electrons. The molecule has 2 rings (SSSR count). The minimum Gasteiger partial charge on any atom is -0.302 e. The van der Waals surface area contributed by atoms with Gasteiger partial charge in [0.05, 0.1) is 10.5 Å². The van der Waals surface area contributed by atoms with Crippen LogP contribution in [0, 0.1) is 5.82 Å². The molecule has 0 bridgehead atoms. The zero-order valence-corrected chi connectivity index (χ0v) is 12.6. The van der Waals surface area contributed by atoms with Crippen LogP contribution in [0.4, 0.5) is 4.39 Å². The maximum absolute atomic E-state index is 13.6.